The molecule has 0 radical (unpaired) electrons. The molecule has 0 amide bonds. The van der Waals surface area contributed by atoms with Crippen LogP contribution in [0.15, 0.2) is 72.8 Å². The number of phenolic OH excluding ortho intramolecular Hbond substituents is 1. The Balaban J connectivity index is 0.000000625. The van der Waals surface area contributed by atoms with E-state index >= 15 is 0 Å². The van der Waals surface area contributed by atoms with Gasteiger partial charge in [-0.15, -0.1) is 0 Å². The zero-order valence-corrected chi connectivity index (χ0v) is 20.1. The molecule has 0 aliphatic rings. The van der Waals surface area contributed by atoms with Crippen LogP contribution in [-0.4, -0.2) is 35.8 Å². The summed E-state index contributed by atoms with van der Waals surface area (Å²) in [5.41, 5.74) is 1.02. The fourth-order valence-corrected chi connectivity index (χ4v) is 3.24. The van der Waals surface area contributed by atoms with Crippen LogP contribution < -0.4 is 10.6 Å². The largest absolute Gasteiger partial charge is 0.504 e. The summed E-state index contributed by atoms with van der Waals surface area (Å²) in [5, 5.41) is 34.4. The number of aromatic hydroxyl groups is 1. The molecular weight excluding hydrogens is 445 g/mol. The molecule has 0 atom stereocenters. The lowest BCUT2D eigenvalue weighted by Gasteiger charge is -2.20. The van der Waals surface area contributed by atoms with Crippen molar-refractivity contribution in [2.24, 2.45) is 0 Å². The number of anilines is 1. The van der Waals surface area contributed by atoms with Crippen molar-refractivity contribution in [2.75, 3.05) is 25.0 Å². The van der Waals surface area contributed by atoms with E-state index in [1.165, 1.54) is 0 Å². The molecule has 0 saturated carbocycles. The molecule has 0 unspecified atom stereocenters. The fourth-order valence-electron chi connectivity index (χ4n) is 3.24. The second kappa shape index (κ2) is 13.7. The normalized spacial score (nSPS) is 10.6. The third-order valence-electron chi connectivity index (χ3n) is 5.48. The molecule has 0 fully saturated rings. The first-order valence-electron chi connectivity index (χ1n) is 11.5. The number of nitriles is 1. The molecule has 0 aliphatic heterocycles. The van der Waals surface area contributed by atoms with Crippen molar-refractivity contribution < 1.29 is 19.4 Å². The summed E-state index contributed by atoms with van der Waals surface area (Å²) < 4.78 is 13.4. The predicted octanol–water partition coefficient (Wildman–Crippen LogP) is 5.09. The maximum atomic E-state index is 13.4. The number of nitrogens with one attached hydrogen (secondary N) is 2. The molecule has 6 nitrogen and oxygen atoms in total. The van der Waals surface area contributed by atoms with Gasteiger partial charge in [0, 0.05) is 12.6 Å². The number of carboxylic acids is 1. The lowest BCUT2D eigenvalue weighted by atomic mass is 9.84. The van der Waals surface area contributed by atoms with Gasteiger partial charge in [0.2, 0.25) is 0 Å². The van der Waals surface area contributed by atoms with E-state index < -0.39 is 17.2 Å². The Kier molecular flexibility index (Phi) is 10.7. The molecule has 0 bridgehead atoms. The van der Waals surface area contributed by atoms with Gasteiger partial charge >= 0.3 is 5.97 Å². The Labute approximate surface area is 206 Å². The standard InChI is InChI=1S/C22H26FN3O3.C6H6/c1-22(2,21(28)29)17-6-3-5-15(11-17)7-10-25-8-4-9-26-19-13-18(23)12-16(14-24)20(19)27;1-2-4-6-5-3-1/h3,5-6,11-13,25-27H,4,7-10H2,1-2H3,(H,28,29);1-6H. The van der Waals surface area contributed by atoms with Crippen LogP contribution in [0.4, 0.5) is 10.1 Å². The van der Waals surface area contributed by atoms with Crippen molar-refractivity contribution in [3.05, 3.63) is 95.3 Å². The van der Waals surface area contributed by atoms with Crippen molar-refractivity contribution in [2.45, 2.75) is 32.1 Å². The van der Waals surface area contributed by atoms with Crippen LogP contribution in [0.1, 0.15) is 37.0 Å². The molecule has 35 heavy (non-hydrogen) atoms. The van der Waals surface area contributed by atoms with Crippen LogP contribution in [0.5, 0.6) is 5.75 Å². The average molecular weight is 478 g/mol. The molecule has 0 spiro atoms. The molecule has 184 valence electrons. The van der Waals surface area contributed by atoms with E-state index in [2.05, 4.69) is 10.6 Å². The van der Waals surface area contributed by atoms with Crippen molar-refractivity contribution in [1.82, 2.24) is 5.32 Å². The number of nitrogens with zero attached hydrogens (tertiary/aromatic N) is 1. The first-order valence-corrected chi connectivity index (χ1v) is 11.5. The van der Waals surface area contributed by atoms with Crippen LogP contribution in [0, 0.1) is 17.1 Å². The number of phenols is 1. The Bertz CT molecular complexity index is 1100. The van der Waals surface area contributed by atoms with Crippen molar-refractivity contribution >= 4 is 11.7 Å². The Morgan fingerprint density at radius 3 is 2.26 bits per heavy atom. The molecule has 4 N–H and O–H groups in total. The highest BCUT2D eigenvalue weighted by Gasteiger charge is 2.29. The van der Waals surface area contributed by atoms with Crippen molar-refractivity contribution in [1.29, 1.82) is 5.26 Å². The second-order valence-corrected chi connectivity index (χ2v) is 8.53. The van der Waals surface area contributed by atoms with Gasteiger partial charge < -0.3 is 20.8 Å². The van der Waals surface area contributed by atoms with Gasteiger partial charge in [-0.2, -0.15) is 5.26 Å². The zero-order valence-electron chi connectivity index (χ0n) is 20.1. The topological polar surface area (TPSA) is 105 Å². The summed E-state index contributed by atoms with van der Waals surface area (Å²) in [4.78, 5) is 11.4. The van der Waals surface area contributed by atoms with Gasteiger partial charge in [-0.25, -0.2) is 4.39 Å². The second-order valence-electron chi connectivity index (χ2n) is 8.53. The van der Waals surface area contributed by atoms with E-state index in [1.807, 2.05) is 60.7 Å². The first kappa shape index (κ1) is 27.4. The maximum absolute atomic E-state index is 13.4. The minimum Gasteiger partial charge on any atom is -0.504 e. The van der Waals surface area contributed by atoms with Gasteiger partial charge in [-0.1, -0.05) is 60.7 Å². The summed E-state index contributed by atoms with van der Waals surface area (Å²) in [6.45, 7) is 5.34. The SMILES string of the molecule is CC(C)(C(=O)O)c1cccc(CCNCCCNc2cc(F)cc(C#N)c2O)c1.c1ccccc1. The first-order chi connectivity index (χ1) is 16.8. The van der Waals surface area contributed by atoms with Gasteiger partial charge in [0.25, 0.3) is 0 Å². The summed E-state index contributed by atoms with van der Waals surface area (Å²) in [5.74, 6) is -1.68. The van der Waals surface area contributed by atoms with Gasteiger partial charge in [-0.3, -0.25) is 4.79 Å². The third-order valence-corrected chi connectivity index (χ3v) is 5.48. The number of benzene rings is 3. The summed E-state index contributed by atoms with van der Waals surface area (Å²) in [7, 11) is 0. The highest BCUT2D eigenvalue weighted by molar-refractivity contribution is 5.80. The Hall–Kier alpha value is -3.89. The number of carboxylic acid groups (broad SMARTS) is 1. The Morgan fingerprint density at radius 1 is 1.00 bits per heavy atom. The lowest BCUT2D eigenvalue weighted by molar-refractivity contribution is -0.142. The average Bonchev–Trinajstić information content (AvgIpc) is 2.86. The molecule has 3 aromatic carbocycles. The van der Waals surface area contributed by atoms with Crippen LogP contribution in [0.25, 0.3) is 0 Å². The highest BCUT2D eigenvalue weighted by atomic mass is 19.1. The van der Waals surface area contributed by atoms with Crippen LogP contribution in [-0.2, 0) is 16.6 Å². The summed E-state index contributed by atoms with van der Waals surface area (Å²) in [6.07, 6.45) is 1.51. The van der Waals surface area contributed by atoms with Gasteiger partial charge in [0.05, 0.1) is 16.7 Å². The minimum absolute atomic E-state index is 0.0982. The number of hydrogen-bond acceptors (Lipinski definition) is 5. The molecule has 3 rings (SSSR count). The number of rotatable bonds is 10. The molecule has 0 heterocycles. The molecule has 0 aliphatic carbocycles. The van der Waals surface area contributed by atoms with Gasteiger partial charge in [-0.05, 0) is 57.0 Å². The minimum atomic E-state index is -0.928. The van der Waals surface area contributed by atoms with E-state index in [4.69, 9.17) is 5.26 Å². The molecule has 7 heteroatoms. The van der Waals surface area contributed by atoms with Crippen molar-refractivity contribution in [3.63, 3.8) is 0 Å². The van der Waals surface area contributed by atoms with E-state index in [-0.39, 0.29) is 17.0 Å². The van der Waals surface area contributed by atoms with Crippen LogP contribution in [0.3, 0.4) is 0 Å². The summed E-state index contributed by atoms with van der Waals surface area (Å²) in [6, 6.07) is 23.5. The lowest BCUT2D eigenvalue weighted by Crippen LogP contribution is -2.28. The smallest absolute Gasteiger partial charge is 0.313 e. The molecule has 0 aromatic heterocycles. The molecule has 0 saturated heterocycles. The van der Waals surface area contributed by atoms with Crippen LogP contribution >= 0.6 is 0 Å². The third kappa shape index (κ3) is 8.76. The number of aliphatic carboxylic acids is 1. The number of halogens is 1. The predicted molar refractivity (Wildman–Crippen MR) is 136 cm³/mol. The maximum Gasteiger partial charge on any atom is 0.313 e. The van der Waals surface area contributed by atoms with E-state index in [0.717, 1.165) is 42.6 Å². The molecule has 3 aromatic rings. The highest BCUT2D eigenvalue weighted by Crippen LogP contribution is 2.28. The monoisotopic (exact) mass is 477 g/mol. The van der Waals surface area contributed by atoms with Crippen LogP contribution in [0.2, 0.25) is 0 Å². The zero-order chi connectivity index (χ0) is 25.7. The Morgan fingerprint density at radius 2 is 1.66 bits per heavy atom. The number of hydrogen-bond donors (Lipinski definition) is 4. The molecular formula is C28H32FN3O3. The van der Waals surface area contributed by atoms with Gasteiger partial charge in [0.15, 0.2) is 5.75 Å². The number of carbonyl (C=O) groups is 1. The van der Waals surface area contributed by atoms with E-state index in [0.29, 0.717) is 13.1 Å². The van der Waals surface area contributed by atoms with Gasteiger partial charge in [0.1, 0.15) is 11.9 Å². The summed E-state index contributed by atoms with van der Waals surface area (Å²) >= 11 is 0. The quantitative estimate of drug-likeness (QED) is 0.240. The van der Waals surface area contributed by atoms with Crippen molar-refractivity contribution in [3.8, 4) is 11.8 Å². The van der Waals surface area contributed by atoms with E-state index in [9.17, 15) is 19.4 Å². The fraction of sp³-hybridized carbons (Fsp3) is 0.286. The van der Waals surface area contributed by atoms with E-state index in [1.54, 1.807) is 19.9 Å².